The van der Waals surface area contributed by atoms with Crippen molar-refractivity contribution in [3.05, 3.63) is 28.2 Å². The van der Waals surface area contributed by atoms with Gasteiger partial charge in [-0.3, -0.25) is 4.79 Å². The summed E-state index contributed by atoms with van der Waals surface area (Å²) in [7, 11) is 1.39. The molecule has 3 N–H and O–H groups in total. The molecule has 0 spiro atoms. The van der Waals surface area contributed by atoms with E-state index < -0.39 is 0 Å². The molecule has 0 amide bonds. The zero-order valence-electron chi connectivity index (χ0n) is 9.42. The fourth-order valence-corrected chi connectivity index (χ4v) is 2.32. The van der Waals surface area contributed by atoms with Crippen LogP contribution in [0.15, 0.2) is 22.7 Å². The summed E-state index contributed by atoms with van der Waals surface area (Å²) in [5.41, 5.74) is 7.85. The predicted octanol–water partition coefficient (Wildman–Crippen LogP) is 2.62. The molecule has 0 atom stereocenters. The number of para-hydroxylation sites is 1. The topological polar surface area (TPSA) is 68.1 Å². The second kappa shape index (κ2) is 4.79. The molecule has 0 aliphatic heterocycles. The van der Waals surface area contributed by atoms with Gasteiger partial charge in [-0.1, -0.05) is 12.1 Å². The number of aromatic nitrogens is 1. The van der Waals surface area contributed by atoms with Gasteiger partial charge in [-0.05, 0) is 28.4 Å². The molecule has 1 aromatic heterocycles. The van der Waals surface area contributed by atoms with Crippen LogP contribution < -0.4 is 5.73 Å². The Hall–Kier alpha value is -1.49. The fourth-order valence-electron chi connectivity index (χ4n) is 1.86. The van der Waals surface area contributed by atoms with Gasteiger partial charge in [-0.2, -0.15) is 0 Å². The van der Waals surface area contributed by atoms with Gasteiger partial charge in [0.25, 0.3) is 0 Å². The third-order valence-corrected chi connectivity index (χ3v) is 3.39. The molecule has 0 bridgehead atoms. The Labute approximate surface area is 107 Å². The van der Waals surface area contributed by atoms with E-state index in [1.165, 1.54) is 7.11 Å². The molecule has 0 saturated carbocycles. The number of H-pyrrole nitrogens is 1. The van der Waals surface area contributed by atoms with Crippen LogP contribution in [0.3, 0.4) is 0 Å². The molecule has 0 aliphatic carbocycles. The van der Waals surface area contributed by atoms with Crippen LogP contribution in [-0.2, 0) is 16.0 Å². The van der Waals surface area contributed by atoms with Gasteiger partial charge in [0.05, 0.1) is 12.6 Å². The number of nitrogens with two attached hydrogens (primary N) is 1. The number of hydrogen-bond donors (Lipinski definition) is 2. The molecule has 5 heteroatoms. The van der Waals surface area contributed by atoms with E-state index in [2.05, 4.69) is 25.7 Å². The molecule has 2 aromatic rings. The summed E-state index contributed by atoms with van der Waals surface area (Å²) in [5.74, 6) is 0.379. The van der Waals surface area contributed by atoms with Crippen LogP contribution in [0.4, 0.5) is 5.82 Å². The van der Waals surface area contributed by atoms with E-state index in [1.807, 2.05) is 18.2 Å². The number of carbonyl (C=O) groups is 1. The summed E-state index contributed by atoms with van der Waals surface area (Å²) in [6, 6.07) is 5.88. The van der Waals surface area contributed by atoms with E-state index in [9.17, 15) is 4.79 Å². The van der Waals surface area contributed by atoms with Gasteiger partial charge < -0.3 is 15.5 Å². The highest BCUT2D eigenvalue weighted by Crippen LogP contribution is 2.30. The minimum atomic E-state index is -0.228. The summed E-state index contributed by atoms with van der Waals surface area (Å²) in [5, 5.41) is 1.04. The first-order valence-electron chi connectivity index (χ1n) is 5.25. The van der Waals surface area contributed by atoms with Gasteiger partial charge in [-0.15, -0.1) is 0 Å². The van der Waals surface area contributed by atoms with Crippen LogP contribution in [0.25, 0.3) is 10.9 Å². The zero-order chi connectivity index (χ0) is 12.4. The van der Waals surface area contributed by atoms with Crippen molar-refractivity contribution in [3.63, 3.8) is 0 Å². The largest absolute Gasteiger partial charge is 0.469 e. The number of halogens is 1. The third-order valence-electron chi connectivity index (χ3n) is 2.73. The van der Waals surface area contributed by atoms with Crippen LogP contribution in [0, 0.1) is 0 Å². The van der Waals surface area contributed by atoms with Crippen molar-refractivity contribution in [2.24, 2.45) is 0 Å². The minimum absolute atomic E-state index is 0.228. The average molecular weight is 297 g/mol. The number of carbonyl (C=O) groups excluding carboxylic acids is 1. The Bertz CT molecular complexity index is 563. The fraction of sp³-hybridized carbons (Fsp3) is 0.250. The lowest BCUT2D eigenvalue weighted by molar-refractivity contribution is -0.140. The van der Waals surface area contributed by atoms with Gasteiger partial charge in [0.1, 0.15) is 5.82 Å². The van der Waals surface area contributed by atoms with E-state index in [0.29, 0.717) is 18.7 Å². The maximum atomic E-state index is 11.1. The highest BCUT2D eigenvalue weighted by atomic mass is 79.9. The lowest BCUT2D eigenvalue weighted by Crippen LogP contribution is -2.02. The molecule has 0 saturated heterocycles. The van der Waals surface area contributed by atoms with E-state index in [4.69, 9.17) is 5.73 Å². The van der Waals surface area contributed by atoms with Crippen molar-refractivity contribution < 1.29 is 9.53 Å². The van der Waals surface area contributed by atoms with Crippen LogP contribution in [0.1, 0.15) is 12.0 Å². The van der Waals surface area contributed by atoms with Crippen molar-refractivity contribution in [2.45, 2.75) is 12.8 Å². The number of aryl methyl sites for hydroxylation is 1. The maximum Gasteiger partial charge on any atom is 0.305 e. The van der Waals surface area contributed by atoms with Crippen LogP contribution in [-0.4, -0.2) is 18.1 Å². The molecule has 1 aromatic carbocycles. The maximum absolute atomic E-state index is 11.1. The number of esters is 1. The van der Waals surface area contributed by atoms with Gasteiger partial charge in [0.2, 0.25) is 0 Å². The Morgan fingerprint density at radius 1 is 1.53 bits per heavy atom. The summed E-state index contributed by atoms with van der Waals surface area (Å²) < 4.78 is 5.59. The third kappa shape index (κ3) is 2.29. The summed E-state index contributed by atoms with van der Waals surface area (Å²) >= 11 is 3.46. The van der Waals surface area contributed by atoms with Crippen molar-refractivity contribution in [1.29, 1.82) is 0 Å². The van der Waals surface area contributed by atoms with E-state index in [1.54, 1.807) is 0 Å². The molecule has 0 fully saturated rings. The Balaban J connectivity index is 2.37. The molecule has 0 radical (unpaired) electrons. The molecular weight excluding hydrogens is 284 g/mol. The quantitative estimate of drug-likeness (QED) is 0.856. The van der Waals surface area contributed by atoms with E-state index >= 15 is 0 Å². The van der Waals surface area contributed by atoms with Gasteiger partial charge >= 0.3 is 5.97 Å². The lowest BCUT2D eigenvalue weighted by atomic mass is 10.1. The number of fused-ring (bicyclic) bond motifs is 1. The second-order valence-electron chi connectivity index (χ2n) is 3.76. The van der Waals surface area contributed by atoms with Crippen molar-refractivity contribution >= 4 is 38.6 Å². The predicted molar refractivity (Wildman–Crippen MR) is 70.7 cm³/mol. The van der Waals surface area contributed by atoms with E-state index in [0.717, 1.165) is 20.9 Å². The van der Waals surface area contributed by atoms with Crippen LogP contribution >= 0.6 is 15.9 Å². The monoisotopic (exact) mass is 296 g/mol. The molecule has 1 heterocycles. The van der Waals surface area contributed by atoms with Crippen molar-refractivity contribution in [2.75, 3.05) is 12.8 Å². The minimum Gasteiger partial charge on any atom is -0.469 e. The second-order valence-corrected chi connectivity index (χ2v) is 4.61. The normalized spacial score (nSPS) is 10.7. The Kier molecular flexibility index (Phi) is 3.38. The summed E-state index contributed by atoms with van der Waals surface area (Å²) in [4.78, 5) is 14.3. The summed E-state index contributed by atoms with van der Waals surface area (Å²) in [6.07, 6.45) is 0.912. The number of methoxy groups -OCH3 is 1. The molecule has 17 heavy (non-hydrogen) atoms. The number of ether oxygens (including phenoxy) is 1. The van der Waals surface area contributed by atoms with Crippen molar-refractivity contribution in [1.82, 2.24) is 4.98 Å². The first-order valence-corrected chi connectivity index (χ1v) is 6.04. The van der Waals surface area contributed by atoms with Crippen molar-refractivity contribution in [3.8, 4) is 0 Å². The molecule has 2 rings (SSSR count). The number of aromatic amines is 1. The molecule has 4 nitrogen and oxygen atoms in total. The van der Waals surface area contributed by atoms with Crippen LogP contribution in [0.5, 0.6) is 0 Å². The molecule has 0 aliphatic rings. The SMILES string of the molecule is COC(=O)CCc1c(N)[nH]c2c(Br)cccc12. The number of nitrogen functional groups attached to an aromatic ring is 1. The summed E-state index contributed by atoms with van der Waals surface area (Å²) in [6.45, 7) is 0. The van der Waals surface area contributed by atoms with Gasteiger partial charge in [-0.25, -0.2) is 0 Å². The average Bonchev–Trinajstić information content (AvgIpc) is 2.64. The first kappa shape index (κ1) is 12.0. The number of hydrogen-bond acceptors (Lipinski definition) is 3. The Morgan fingerprint density at radius 3 is 3.00 bits per heavy atom. The number of rotatable bonds is 3. The lowest BCUT2D eigenvalue weighted by Gasteiger charge is -2.00. The number of anilines is 1. The first-order chi connectivity index (χ1) is 8.13. The van der Waals surface area contributed by atoms with E-state index in [-0.39, 0.29) is 5.97 Å². The van der Waals surface area contributed by atoms with Crippen LogP contribution in [0.2, 0.25) is 0 Å². The Morgan fingerprint density at radius 2 is 2.29 bits per heavy atom. The number of benzene rings is 1. The van der Waals surface area contributed by atoms with Gasteiger partial charge in [0.15, 0.2) is 0 Å². The molecular formula is C12H13BrN2O2. The highest BCUT2D eigenvalue weighted by Gasteiger charge is 2.12. The molecule has 0 unspecified atom stereocenters. The zero-order valence-corrected chi connectivity index (χ0v) is 11.0. The smallest absolute Gasteiger partial charge is 0.305 e. The standard InChI is InChI=1S/C12H13BrN2O2/c1-17-10(16)6-5-8-7-3-2-4-9(13)11(7)15-12(8)14/h2-4,15H,5-6,14H2,1H3. The number of nitrogens with one attached hydrogen (secondary N) is 1. The van der Waals surface area contributed by atoms with Gasteiger partial charge in [0, 0.05) is 21.8 Å². The highest BCUT2D eigenvalue weighted by molar-refractivity contribution is 9.10. The molecule has 90 valence electrons.